The lowest BCUT2D eigenvalue weighted by molar-refractivity contribution is 0.461. The summed E-state index contributed by atoms with van der Waals surface area (Å²) in [6, 6.07) is 9.61. The summed E-state index contributed by atoms with van der Waals surface area (Å²) >= 11 is 0. The van der Waals surface area contributed by atoms with Gasteiger partial charge in [-0.25, -0.2) is 13.4 Å². The molecular formula is C20H26N4O3S. The van der Waals surface area contributed by atoms with Gasteiger partial charge in [0.15, 0.2) is 15.8 Å². The maximum absolute atomic E-state index is 11.6. The van der Waals surface area contributed by atoms with E-state index >= 15 is 0 Å². The van der Waals surface area contributed by atoms with Crippen LogP contribution in [0.1, 0.15) is 23.1 Å². The molecule has 1 unspecified atom stereocenters. The van der Waals surface area contributed by atoms with Crippen LogP contribution >= 0.6 is 0 Å². The van der Waals surface area contributed by atoms with Crippen LogP contribution in [0, 0.1) is 13.8 Å². The van der Waals surface area contributed by atoms with E-state index in [-0.39, 0.29) is 17.5 Å². The van der Waals surface area contributed by atoms with E-state index in [4.69, 9.17) is 4.74 Å². The topological polar surface area (TPSA) is 92.7 Å². The average Bonchev–Trinajstić information content (AvgIpc) is 3.00. The fourth-order valence-electron chi connectivity index (χ4n) is 3.00. The molecule has 0 saturated carbocycles. The van der Waals surface area contributed by atoms with Gasteiger partial charge in [0, 0.05) is 31.9 Å². The molecule has 1 atom stereocenters. The third-order valence-electron chi connectivity index (χ3n) is 4.76. The molecule has 3 rings (SSSR count). The van der Waals surface area contributed by atoms with Crippen LogP contribution in [0.15, 0.2) is 41.5 Å². The Morgan fingerprint density at radius 3 is 2.75 bits per heavy atom. The van der Waals surface area contributed by atoms with Gasteiger partial charge in [-0.2, -0.15) is 0 Å². The Kier molecular flexibility index (Phi) is 6.18. The van der Waals surface area contributed by atoms with Crippen LogP contribution in [0.25, 0.3) is 0 Å². The molecule has 28 heavy (non-hydrogen) atoms. The first-order valence-electron chi connectivity index (χ1n) is 9.22. The molecule has 1 aliphatic rings. The summed E-state index contributed by atoms with van der Waals surface area (Å²) in [5.41, 5.74) is 3.36. The SMILES string of the molecule is CN=C(NCc1ccnc(Oc2ccc(C)c(C)c2)c1)NC1CCS(=O)(=O)C1. The highest BCUT2D eigenvalue weighted by Crippen LogP contribution is 2.22. The summed E-state index contributed by atoms with van der Waals surface area (Å²) in [4.78, 5) is 8.45. The van der Waals surface area contributed by atoms with E-state index in [9.17, 15) is 8.42 Å². The molecule has 0 aliphatic carbocycles. The van der Waals surface area contributed by atoms with Crippen LogP contribution in [-0.2, 0) is 16.4 Å². The first-order chi connectivity index (χ1) is 13.3. The van der Waals surface area contributed by atoms with Crippen molar-refractivity contribution in [3.63, 3.8) is 0 Å². The number of nitrogens with zero attached hydrogens (tertiary/aromatic N) is 2. The molecule has 8 heteroatoms. The Balaban J connectivity index is 1.58. The van der Waals surface area contributed by atoms with Crippen LogP contribution in [-0.4, -0.2) is 44.0 Å². The van der Waals surface area contributed by atoms with Crippen molar-refractivity contribution in [1.29, 1.82) is 0 Å². The molecule has 1 saturated heterocycles. The Morgan fingerprint density at radius 1 is 1.25 bits per heavy atom. The summed E-state index contributed by atoms with van der Waals surface area (Å²) in [6.45, 7) is 4.63. The maximum Gasteiger partial charge on any atom is 0.219 e. The van der Waals surface area contributed by atoms with Gasteiger partial charge in [-0.3, -0.25) is 4.99 Å². The second kappa shape index (κ2) is 8.60. The number of aromatic nitrogens is 1. The molecular weight excluding hydrogens is 376 g/mol. The number of benzene rings is 1. The normalized spacial score (nSPS) is 18.7. The number of nitrogens with one attached hydrogen (secondary N) is 2. The fourth-order valence-corrected chi connectivity index (χ4v) is 4.67. The zero-order valence-corrected chi connectivity index (χ0v) is 17.2. The molecule has 2 aromatic rings. The van der Waals surface area contributed by atoms with Gasteiger partial charge in [-0.05, 0) is 55.2 Å². The van der Waals surface area contributed by atoms with E-state index < -0.39 is 9.84 Å². The minimum atomic E-state index is -2.93. The lowest BCUT2D eigenvalue weighted by atomic mass is 10.1. The first kappa shape index (κ1) is 20.1. The van der Waals surface area contributed by atoms with E-state index in [1.165, 1.54) is 11.1 Å². The first-order valence-corrected chi connectivity index (χ1v) is 11.0. The minimum absolute atomic E-state index is 0.0997. The van der Waals surface area contributed by atoms with Gasteiger partial charge in [0.05, 0.1) is 11.5 Å². The molecule has 150 valence electrons. The van der Waals surface area contributed by atoms with Crippen LogP contribution in [0.5, 0.6) is 11.6 Å². The number of aliphatic imine (C=N–C) groups is 1. The van der Waals surface area contributed by atoms with Crippen LogP contribution < -0.4 is 15.4 Å². The molecule has 0 spiro atoms. The summed E-state index contributed by atoms with van der Waals surface area (Å²) in [6.07, 6.45) is 2.30. The second-order valence-electron chi connectivity index (χ2n) is 7.02. The summed E-state index contributed by atoms with van der Waals surface area (Å²) in [7, 11) is -1.26. The minimum Gasteiger partial charge on any atom is -0.439 e. The largest absolute Gasteiger partial charge is 0.439 e. The summed E-state index contributed by atoms with van der Waals surface area (Å²) in [5, 5.41) is 6.38. The molecule has 1 aromatic heterocycles. The number of pyridine rings is 1. The van der Waals surface area contributed by atoms with E-state index in [2.05, 4.69) is 27.5 Å². The number of aryl methyl sites for hydroxylation is 2. The zero-order valence-electron chi connectivity index (χ0n) is 16.4. The lowest BCUT2D eigenvalue weighted by Gasteiger charge is -2.16. The van der Waals surface area contributed by atoms with Crippen LogP contribution in [0.2, 0.25) is 0 Å². The standard InChI is InChI=1S/C20H26N4O3S/c1-14-4-5-18(10-15(14)2)27-19-11-16(6-8-22-19)12-23-20(21-3)24-17-7-9-28(25,26)13-17/h4-6,8,10-11,17H,7,9,12-13H2,1-3H3,(H2,21,23,24). The second-order valence-corrected chi connectivity index (χ2v) is 9.25. The van der Waals surface area contributed by atoms with Gasteiger partial charge in [0.2, 0.25) is 5.88 Å². The molecule has 1 aliphatic heterocycles. The van der Waals surface area contributed by atoms with Crippen molar-refractivity contribution in [3.05, 3.63) is 53.2 Å². The zero-order chi connectivity index (χ0) is 20.1. The average molecular weight is 403 g/mol. The van der Waals surface area contributed by atoms with Gasteiger partial charge in [-0.1, -0.05) is 6.07 Å². The highest BCUT2D eigenvalue weighted by molar-refractivity contribution is 7.91. The van der Waals surface area contributed by atoms with E-state index in [0.717, 1.165) is 11.3 Å². The van der Waals surface area contributed by atoms with Gasteiger partial charge >= 0.3 is 0 Å². The third-order valence-corrected chi connectivity index (χ3v) is 6.52. The number of hydrogen-bond acceptors (Lipinski definition) is 5. The number of rotatable bonds is 5. The number of ether oxygens (including phenoxy) is 1. The summed E-state index contributed by atoms with van der Waals surface area (Å²) < 4.78 is 29.1. The van der Waals surface area contributed by atoms with Crippen LogP contribution in [0.3, 0.4) is 0 Å². The van der Waals surface area contributed by atoms with Crippen molar-refractivity contribution < 1.29 is 13.2 Å². The fraction of sp³-hybridized carbons (Fsp3) is 0.400. The number of hydrogen-bond donors (Lipinski definition) is 2. The Bertz CT molecular complexity index is 973. The molecule has 1 aromatic carbocycles. The predicted molar refractivity (Wildman–Crippen MR) is 111 cm³/mol. The Labute approximate surface area is 166 Å². The van der Waals surface area contributed by atoms with Crippen molar-refractivity contribution in [1.82, 2.24) is 15.6 Å². The molecule has 2 heterocycles. The maximum atomic E-state index is 11.6. The monoisotopic (exact) mass is 402 g/mol. The van der Waals surface area contributed by atoms with Gasteiger partial charge in [0.1, 0.15) is 5.75 Å². The molecule has 2 N–H and O–H groups in total. The highest BCUT2D eigenvalue weighted by Gasteiger charge is 2.28. The Morgan fingerprint density at radius 2 is 2.07 bits per heavy atom. The van der Waals surface area contributed by atoms with Crippen molar-refractivity contribution in [2.45, 2.75) is 32.9 Å². The molecule has 1 fully saturated rings. The van der Waals surface area contributed by atoms with Crippen molar-refractivity contribution in [2.75, 3.05) is 18.6 Å². The van der Waals surface area contributed by atoms with Gasteiger partial charge < -0.3 is 15.4 Å². The molecule has 7 nitrogen and oxygen atoms in total. The third kappa shape index (κ3) is 5.45. The van der Waals surface area contributed by atoms with Gasteiger partial charge in [-0.15, -0.1) is 0 Å². The predicted octanol–water partition coefficient (Wildman–Crippen LogP) is 2.34. The van der Waals surface area contributed by atoms with Crippen molar-refractivity contribution in [2.24, 2.45) is 4.99 Å². The molecule has 0 amide bonds. The van der Waals surface area contributed by atoms with Crippen molar-refractivity contribution >= 4 is 15.8 Å². The molecule has 0 bridgehead atoms. The smallest absolute Gasteiger partial charge is 0.219 e. The van der Waals surface area contributed by atoms with E-state index in [0.29, 0.717) is 24.8 Å². The molecule has 0 radical (unpaired) electrons. The number of sulfone groups is 1. The quantitative estimate of drug-likeness (QED) is 0.589. The van der Waals surface area contributed by atoms with E-state index in [1.807, 2.05) is 37.3 Å². The van der Waals surface area contributed by atoms with E-state index in [1.54, 1.807) is 13.2 Å². The Hall–Kier alpha value is -2.61. The van der Waals surface area contributed by atoms with Crippen LogP contribution in [0.4, 0.5) is 0 Å². The summed E-state index contributed by atoms with van der Waals surface area (Å²) in [5.74, 6) is 2.23. The van der Waals surface area contributed by atoms with Gasteiger partial charge in [0.25, 0.3) is 0 Å². The number of guanidine groups is 1. The highest BCUT2D eigenvalue weighted by atomic mass is 32.2. The van der Waals surface area contributed by atoms with Crippen molar-refractivity contribution in [3.8, 4) is 11.6 Å². The lowest BCUT2D eigenvalue weighted by Crippen LogP contribution is -2.43.